The number of fused-ring (bicyclic) bond motifs is 6. The first-order valence-electron chi connectivity index (χ1n) is 17.8. The van der Waals surface area contributed by atoms with Gasteiger partial charge in [-0.1, -0.05) is 116 Å². The molecule has 1 aliphatic carbocycles. The molecule has 0 atom stereocenters. The highest BCUT2D eigenvalue weighted by molar-refractivity contribution is 7.26. The third-order valence-electron chi connectivity index (χ3n) is 10.8. The van der Waals surface area contributed by atoms with Crippen molar-refractivity contribution < 1.29 is 0 Å². The van der Waals surface area contributed by atoms with Crippen molar-refractivity contribution in [3.05, 3.63) is 169 Å². The number of aromatic nitrogens is 1. The van der Waals surface area contributed by atoms with Crippen LogP contribution in [-0.2, 0) is 0 Å². The Morgan fingerprint density at radius 1 is 0.480 bits per heavy atom. The molecule has 2 nitrogen and oxygen atoms in total. The van der Waals surface area contributed by atoms with E-state index in [1.165, 1.54) is 101 Å². The number of rotatable bonds is 6. The Balaban J connectivity index is 1.04. The van der Waals surface area contributed by atoms with Crippen LogP contribution in [0.1, 0.15) is 37.2 Å². The van der Waals surface area contributed by atoms with E-state index in [9.17, 15) is 0 Å². The van der Waals surface area contributed by atoms with Crippen molar-refractivity contribution in [2.24, 2.45) is 0 Å². The van der Waals surface area contributed by atoms with Crippen molar-refractivity contribution >= 4 is 70.4 Å². The maximum atomic E-state index is 2.45. The van der Waals surface area contributed by atoms with Crippen LogP contribution in [-0.4, -0.2) is 4.57 Å². The topological polar surface area (TPSA) is 8.17 Å². The van der Waals surface area contributed by atoms with Crippen LogP contribution in [0.5, 0.6) is 0 Å². The molecule has 9 aromatic rings. The summed E-state index contributed by atoms with van der Waals surface area (Å²) in [6.45, 7) is 0. The molecule has 0 aliphatic heterocycles. The molecule has 240 valence electrons. The van der Waals surface area contributed by atoms with Crippen LogP contribution in [0.15, 0.2) is 164 Å². The van der Waals surface area contributed by atoms with Gasteiger partial charge in [0.2, 0.25) is 0 Å². The molecule has 0 bridgehead atoms. The van der Waals surface area contributed by atoms with E-state index in [4.69, 9.17) is 0 Å². The fraction of sp³-hybridized carbons (Fsp3) is 0.106. The Hall–Kier alpha value is -5.64. The van der Waals surface area contributed by atoms with E-state index >= 15 is 0 Å². The number of para-hydroxylation sites is 2. The first-order valence-corrected chi connectivity index (χ1v) is 18.6. The Morgan fingerprint density at radius 3 is 1.68 bits per heavy atom. The van der Waals surface area contributed by atoms with Crippen LogP contribution >= 0.6 is 11.3 Å². The summed E-state index contributed by atoms with van der Waals surface area (Å²) >= 11 is 1.89. The lowest BCUT2D eigenvalue weighted by atomic mass is 9.97. The smallest absolute Gasteiger partial charge is 0.0640 e. The fourth-order valence-corrected chi connectivity index (χ4v) is 9.50. The minimum atomic E-state index is 0.698. The van der Waals surface area contributed by atoms with Crippen LogP contribution in [0.25, 0.3) is 58.8 Å². The van der Waals surface area contributed by atoms with Crippen LogP contribution in [0, 0.1) is 0 Å². The van der Waals surface area contributed by atoms with E-state index in [2.05, 4.69) is 173 Å². The highest BCUT2D eigenvalue weighted by Crippen LogP contribution is 2.45. The number of hydrogen-bond donors (Lipinski definition) is 0. The molecule has 10 rings (SSSR count). The van der Waals surface area contributed by atoms with Gasteiger partial charge in [-0.2, -0.15) is 0 Å². The second kappa shape index (κ2) is 12.0. The van der Waals surface area contributed by atoms with Gasteiger partial charge in [-0.25, -0.2) is 0 Å². The summed E-state index contributed by atoms with van der Waals surface area (Å²) in [5.74, 6) is 0.698. The van der Waals surface area contributed by atoms with E-state index in [-0.39, 0.29) is 0 Å². The third kappa shape index (κ3) is 4.84. The molecule has 0 N–H and O–H groups in total. The minimum absolute atomic E-state index is 0.698. The van der Waals surface area contributed by atoms with E-state index in [1.807, 2.05) is 11.3 Å². The standard InChI is InChI=1S/C47H36N2S/c1-2-11-32(10-1)33-20-26-36(27-21-33)48(45-18-9-15-42-41-14-5-8-19-46(41)50-47(42)45)37-28-22-34(23-29-37)35-24-30-38(31-25-35)49-43-16-6-3-12-39(43)40-13-4-7-17-44(40)49/h3-9,12-32H,1-2,10-11H2. The zero-order valence-electron chi connectivity index (χ0n) is 27.8. The lowest BCUT2D eigenvalue weighted by Gasteiger charge is -2.27. The number of benzene rings is 7. The van der Waals surface area contributed by atoms with Crippen molar-refractivity contribution in [1.82, 2.24) is 4.57 Å². The van der Waals surface area contributed by atoms with Gasteiger partial charge in [0.25, 0.3) is 0 Å². The van der Waals surface area contributed by atoms with Gasteiger partial charge in [0, 0.05) is 43.3 Å². The van der Waals surface area contributed by atoms with Gasteiger partial charge in [0.15, 0.2) is 0 Å². The Labute approximate surface area is 296 Å². The average Bonchev–Trinajstić information content (AvgIpc) is 3.93. The van der Waals surface area contributed by atoms with Gasteiger partial charge in [0.05, 0.1) is 21.4 Å². The molecule has 1 aliphatic rings. The third-order valence-corrected chi connectivity index (χ3v) is 12.0. The predicted molar refractivity (Wildman–Crippen MR) is 215 cm³/mol. The lowest BCUT2D eigenvalue weighted by Crippen LogP contribution is -2.10. The van der Waals surface area contributed by atoms with Gasteiger partial charge in [0.1, 0.15) is 0 Å². The molecule has 0 saturated heterocycles. The highest BCUT2D eigenvalue weighted by atomic mass is 32.1. The fourth-order valence-electron chi connectivity index (χ4n) is 8.30. The van der Waals surface area contributed by atoms with E-state index < -0.39 is 0 Å². The zero-order chi connectivity index (χ0) is 33.0. The summed E-state index contributed by atoms with van der Waals surface area (Å²) in [5, 5.41) is 5.21. The molecular weight excluding hydrogens is 625 g/mol. The van der Waals surface area contributed by atoms with Crippen LogP contribution < -0.4 is 4.90 Å². The molecule has 7 aromatic carbocycles. The Morgan fingerprint density at radius 2 is 1.02 bits per heavy atom. The lowest BCUT2D eigenvalue weighted by molar-refractivity contribution is 0.723. The molecule has 0 amide bonds. The van der Waals surface area contributed by atoms with Gasteiger partial charge < -0.3 is 9.47 Å². The maximum Gasteiger partial charge on any atom is 0.0640 e. The summed E-state index contributed by atoms with van der Waals surface area (Å²) < 4.78 is 5.02. The summed E-state index contributed by atoms with van der Waals surface area (Å²) in [5.41, 5.74) is 11.1. The van der Waals surface area contributed by atoms with Gasteiger partial charge >= 0.3 is 0 Å². The van der Waals surface area contributed by atoms with Gasteiger partial charge in [-0.05, 0) is 96.1 Å². The van der Waals surface area contributed by atoms with Crippen LogP contribution in [0.2, 0.25) is 0 Å². The molecular formula is C47H36N2S. The number of anilines is 3. The molecule has 50 heavy (non-hydrogen) atoms. The summed E-state index contributed by atoms with van der Waals surface area (Å²) in [4.78, 5) is 2.45. The molecule has 0 spiro atoms. The zero-order valence-corrected chi connectivity index (χ0v) is 28.6. The molecule has 2 heterocycles. The quantitative estimate of drug-likeness (QED) is 0.172. The van der Waals surface area contributed by atoms with E-state index in [0.717, 1.165) is 5.69 Å². The molecule has 2 aromatic heterocycles. The number of hydrogen-bond acceptors (Lipinski definition) is 2. The van der Waals surface area contributed by atoms with E-state index in [0.29, 0.717) is 5.92 Å². The summed E-state index contributed by atoms with van der Waals surface area (Å²) in [6.07, 6.45) is 5.32. The van der Waals surface area contributed by atoms with Gasteiger partial charge in [-0.3, -0.25) is 0 Å². The van der Waals surface area contributed by atoms with E-state index in [1.54, 1.807) is 0 Å². The van der Waals surface area contributed by atoms with Crippen molar-refractivity contribution in [3.63, 3.8) is 0 Å². The monoisotopic (exact) mass is 660 g/mol. The Bertz CT molecular complexity index is 2580. The molecule has 1 saturated carbocycles. The maximum absolute atomic E-state index is 2.45. The predicted octanol–water partition coefficient (Wildman–Crippen LogP) is 13.9. The molecule has 0 unspecified atom stereocenters. The number of nitrogens with zero attached hydrogens (tertiary/aromatic N) is 2. The number of thiophene rings is 1. The highest BCUT2D eigenvalue weighted by Gasteiger charge is 2.21. The summed E-state index contributed by atoms with van der Waals surface area (Å²) in [7, 11) is 0. The second-order valence-electron chi connectivity index (χ2n) is 13.6. The van der Waals surface area contributed by atoms with Crippen molar-refractivity contribution in [3.8, 4) is 16.8 Å². The van der Waals surface area contributed by atoms with Crippen molar-refractivity contribution in [1.29, 1.82) is 0 Å². The van der Waals surface area contributed by atoms with Crippen molar-refractivity contribution in [2.75, 3.05) is 4.90 Å². The average molecular weight is 661 g/mol. The largest absolute Gasteiger partial charge is 0.309 e. The minimum Gasteiger partial charge on any atom is -0.309 e. The first kappa shape index (κ1) is 29.3. The van der Waals surface area contributed by atoms with Crippen molar-refractivity contribution in [2.45, 2.75) is 31.6 Å². The normalized spacial score (nSPS) is 13.6. The summed E-state index contributed by atoms with van der Waals surface area (Å²) in [6, 6.07) is 60.5. The van der Waals surface area contributed by atoms with Crippen LogP contribution in [0.4, 0.5) is 17.1 Å². The van der Waals surface area contributed by atoms with Gasteiger partial charge in [-0.15, -0.1) is 11.3 Å². The molecule has 1 fully saturated rings. The molecule has 3 heteroatoms. The van der Waals surface area contributed by atoms with Crippen LogP contribution in [0.3, 0.4) is 0 Å². The SMILES string of the molecule is c1ccc2c(c1)sc1c(N(c3ccc(-c4ccc(-n5c6ccccc6c6ccccc65)cc4)cc3)c3ccc(C4CCCC4)cc3)cccc12. The Kier molecular flexibility index (Phi) is 7.06. The molecule has 0 radical (unpaired) electrons. The first-order chi connectivity index (χ1) is 24.8. The second-order valence-corrected chi connectivity index (χ2v) is 14.7.